The fraction of sp³-hybridized carbons (Fsp3) is 0.789. The lowest BCUT2D eigenvalue weighted by Crippen LogP contribution is -2.59. The van der Waals surface area contributed by atoms with Crippen LogP contribution in [0, 0.1) is 22.2 Å². The molecule has 0 spiro atoms. The molecule has 0 saturated heterocycles. The van der Waals surface area contributed by atoms with E-state index in [1.54, 1.807) is 0 Å². The summed E-state index contributed by atoms with van der Waals surface area (Å²) >= 11 is 0. The molecule has 0 radical (unpaired) electrons. The van der Waals surface area contributed by atoms with Gasteiger partial charge >= 0.3 is 0 Å². The van der Waals surface area contributed by atoms with Crippen LogP contribution in [0.4, 0.5) is 0 Å². The molecule has 1 heterocycles. The molecule has 4 bridgehead atoms. The molecule has 0 aliphatic heterocycles. The summed E-state index contributed by atoms with van der Waals surface area (Å²) in [5, 5.41) is 7.53. The van der Waals surface area contributed by atoms with Crippen molar-refractivity contribution in [1.29, 1.82) is 0 Å². The number of nitrogens with one attached hydrogen (secondary N) is 1. The maximum absolute atomic E-state index is 13.1. The molecule has 1 aromatic heterocycles. The Morgan fingerprint density at radius 3 is 2.52 bits per heavy atom. The molecule has 4 aliphatic carbocycles. The van der Waals surface area contributed by atoms with E-state index in [4.69, 9.17) is 0 Å². The Morgan fingerprint density at radius 2 is 1.96 bits per heavy atom. The van der Waals surface area contributed by atoms with Gasteiger partial charge in [0.25, 0.3) is 0 Å². The minimum absolute atomic E-state index is 0.107. The van der Waals surface area contributed by atoms with E-state index in [0.717, 1.165) is 37.3 Å². The quantitative estimate of drug-likeness (QED) is 0.924. The van der Waals surface area contributed by atoms with Crippen molar-refractivity contribution in [3.05, 3.63) is 18.0 Å². The summed E-state index contributed by atoms with van der Waals surface area (Å²) in [6.45, 7) is 8.40. The number of rotatable bonds is 4. The van der Waals surface area contributed by atoms with Gasteiger partial charge in [0.05, 0.1) is 11.6 Å². The predicted octanol–water partition coefficient (Wildman–Crippen LogP) is 3.52. The van der Waals surface area contributed by atoms with Gasteiger partial charge in [-0.15, -0.1) is 0 Å². The van der Waals surface area contributed by atoms with E-state index >= 15 is 0 Å². The zero-order valence-electron chi connectivity index (χ0n) is 14.7. The predicted molar refractivity (Wildman–Crippen MR) is 89.6 cm³/mol. The largest absolute Gasteiger partial charge is 0.351 e. The van der Waals surface area contributed by atoms with Crippen LogP contribution < -0.4 is 5.32 Å². The van der Waals surface area contributed by atoms with Crippen LogP contribution in [-0.2, 0) is 17.9 Å². The van der Waals surface area contributed by atoms with E-state index in [1.165, 1.54) is 19.3 Å². The molecule has 4 aliphatic rings. The van der Waals surface area contributed by atoms with Gasteiger partial charge in [-0.05, 0) is 62.2 Å². The zero-order valence-corrected chi connectivity index (χ0v) is 14.7. The molecule has 5 rings (SSSR count). The summed E-state index contributed by atoms with van der Waals surface area (Å²) in [6, 6.07) is 0. The Balaban J connectivity index is 1.49. The van der Waals surface area contributed by atoms with Crippen LogP contribution in [-0.4, -0.2) is 15.7 Å². The van der Waals surface area contributed by atoms with Crippen molar-refractivity contribution in [2.75, 3.05) is 0 Å². The van der Waals surface area contributed by atoms with Crippen molar-refractivity contribution < 1.29 is 4.79 Å². The molecule has 0 aromatic carbocycles. The van der Waals surface area contributed by atoms with Crippen molar-refractivity contribution in [2.45, 2.75) is 72.4 Å². The van der Waals surface area contributed by atoms with Gasteiger partial charge < -0.3 is 5.32 Å². The molecule has 0 unspecified atom stereocenters. The average molecular weight is 315 g/mol. The molecule has 4 nitrogen and oxygen atoms in total. The maximum Gasteiger partial charge on any atom is 0.226 e. The number of aryl methyl sites for hydroxylation is 1. The Kier molecular flexibility index (Phi) is 3.20. The van der Waals surface area contributed by atoms with Gasteiger partial charge in [-0.25, -0.2) is 0 Å². The van der Waals surface area contributed by atoms with E-state index in [0.29, 0.717) is 23.3 Å². The average Bonchev–Trinajstić information content (AvgIpc) is 2.88. The van der Waals surface area contributed by atoms with Crippen LogP contribution in [0.15, 0.2) is 12.4 Å². The summed E-state index contributed by atoms with van der Waals surface area (Å²) in [7, 11) is 0. The molecule has 1 amide bonds. The summed E-state index contributed by atoms with van der Waals surface area (Å²) in [6.07, 6.45) is 11.2. The first kappa shape index (κ1) is 15.2. The minimum atomic E-state index is -0.107. The highest BCUT2D eigenvalue weighted by atomic mass is 16.2. The molecule has 23 heavy (non-hydrogen) atoms. The molecular formula is C19H29N3O. The fourth-order valence-electron chi connectivity index (χ4n) is 6.74. The number of nitrogens with zero attached hydrogens (tertiary/aromatic N) is 2. The first-order chi connectivity index (χ1) is 10.8. The summed E-state index contributed by atoms with van der Waals surface area (Å²) in [5.74, 6) is 1.05. The van der Waals surface area contributed by atoms with Crippen molar-refractivity contribution in [3.63, 3.8) is 0 Å². The molecule has 2 atom stereocenters. The van der Waals surface area contributed by atoms with Crippen LogP contribution in [0.1, 0.15) is 64.9 Å². The monoisotopic (exact) mass is 315 g/mol. The van der Waals surface area contributed by atoms with E-state index in [9.17, 15) is 4.79 Å². The number of carbonyl (C=O) groups is 1. The van der Waals surface area contributed by atoms with Gasteiger partial charge in [0.15, 0.2) is 0 Å². The standard InChI is InChI=1S/C19H29N3O/c1-4-22-10-15(9-21-22)8-20-16(23)19-7-14-5-17(2,12-19)11-18(3,6-14)13-19/h9-10,14H,4-8,11-13H2,1-3H3,(H,20,23)/t14?,17-,18-,19?/m1/s1. The van der Waals surface area contributed by atoms with Crippen molar-refractivity contribution >= 4 is 5.91 Å². The Bertz CT molecular complexity index is 616. The van der Waals surface area contributed by atoms with Crippen molar-refractivity contribution in [2.24, 2.45) is 22.2 Å². The van der Waals surface area contributed by atoms with Crippen LogP contribution in [0.25, 0.3) is 0 Å². The molecular weight excluding hydrogens is 286 g/mol. The third kappa shape index (κ3) is 2.50. The van der Waals surface area contributed by atoms with Gasteiger partial charge in [0.2, 0.25) is 5.91 Å². The number of hydrogen-bond acceptors (Lipinski definition) is 2. The normalized spacial score (nSPS) is 41.3. The summed E-state index contributed by atoms with van der Waals surface area (Å²) < 4.78 is 1.91. The smallest absolute Gasteiger partial charge is 0.226 e. The van der Waals surface area contributed by atoms with E-state index in [1.807, 2.05) is 17.1 Å². The number of amides is 1. The Labute approximate surface area is 139 Å². The zero-order chi connectivity index (χ0) is 16.3. The lowest BCUT2D eigenvalue weighted by atomic mass is 9.40. The van der Waals surface area contributed by atoms with Gasteiger partial charge in [-0.3, -0.25) is 9.48 Å². The molecule has 1 N–H and O–H groups in total. The first-order valence-electron chi connectivity index (χ1n) is 9.14. The van der Waals surface area contributed by atoms with Crippen molar-refractivity contribution in [3.8, 4) is 0 Å². The highest BCUT2D eigenvalue weighted by Crippen LogP contribution is 2.69. The topological polar surface area (TPSA) is 46.9 Å². The van der Waals surface area contributed by atoms with Crippen LogP contribution in [0.3, 0.4) is 0 Å². The SMILES string of the molecule is CCn1cc(CNC(=O)C23CC4C[C@@](C)(C2)C[C@@](C)(C4)C3)cn1. The highest BCUT2D eigenvalue weighted by molar-refractivity contribution is 5.83. The van der Waals surface area contributed by atoms with Gasteiger partial charge in [0, 0.05) is 24.8 Å². The van der Waals surface area contributed by atoms with Gasteiger partial charge in [-0.1, -0.05) is 13.8 Å². The third-order valence-corrected chi connectivity index (χ3v) is 6.57. The van der Waals surface area contributed by atoms with E-state index < -0.39 is 0 Å². The first-order valence-corrected chi connectivity index (χ1v) is 9.14. The number of aromatic nitrogens is 2. The molecule has 1 aromatic rings. The van der Waals surface area contributed by atoms with Gasteiger partial charge in [-0.2, -0.15) is 5.10 Å². The van der Waals surface area contributed by atoms with Crippen LogP contribution >= 0.6 is 0 Å². The van der Waals surface area contributed by atoms with E-state index in [2.05, 4.69) is 31.2 Å². The van der Waals surface area contributed by atoms with Crippen LogP contribution in [0.2, 0.25) is 0 Å². The van der Waals surface area contributed by atoms with Crippen LogP contribution in [0.5, 0.6) is 0 Å². The lowest BCUT2D eigenvalue weighted by molar-refractivity contribution is -0.170. The van der Waals surface area contributed by atoms with Crippen molar-refractivity contribution in [1.82, 2.24) is 15.1 Å². The second kappa shape index (κ2) is 4.84. The third-order valence-electron chi connectivity index (χ3n) is 6.57. The molecule has 4 fully saturated rings. The highest BCUT2D eigenvalue weighted by Gasteiger charge is 2.62. The molecule has 4 heteroatoms. The fourth-order valence-corrected chi connectivity index (χ4v) is 6.74. The molecule has 126 valence electrons. The number of hydrogen-bond donors (Lipinski definition) is 1. The van der Waals surface area contributed by atoms with E-state index in [-0.39, 0.29) is 5.41 Å². The second-order valence-electron chi connectivity index (χ2n) is 9.30. The molecule has 4 saturated carbocycles. The second-order valence-corrected chi connectivity index (χ2v) is 9.30. The number of carbonyl (C=O) groups excluding carboxylic acids is 1. The lowest BCUT2D eigenvalue weighted by Gasteiger charge is -2.64. The Morgan fingerprint density at radius 1 is 1.26 bits per heavy atom. The van der Waals surface area contributed by atoms with Gasteiger partial charge in [0.1, 0.15) is 0 Å². The minimum Gasteiger partial charge on any atom is -0.351 e. The summed E-state index contributed by atoms with van der Waals surface area (Å²) in [4.78, 5) is 13.1. The Hall–Kier alpha value is -1.32. The maximum atomic E-state index is 13.1. The summed E-state index contributed by atoms with van der Waals surface area (Å²) in [5.41, 5.74) is 1.77.